The highest BCUT2D eigenvalue weighted by Crippen LogP contribution is 2.14. The lowest BCUT2D eigenvalue weighted by atomic mass is 10.0. The summed E-state index contributed by atoms with van der Waals surface area (Å²) in [7, 11) is 0. The predicted octanol–water partition coefficient (Wildman–Crippen LogP) is 0.908. The fraction of sp³-hybridized carbons (Fsp3) is 0.333. The summed E-state index contributed by atoms with van der Waals surface area (Å²) in [6, 6.07) is 5.69. The molecule has 0 aliphatic carbocycles. The Kier molecular flexibility index (Phi) is 4.19. The second-order valence-electron chi connectivity index (χ2n) is 3.55. The summed E-state index contributed by atoms with van der Waals surface area (Å²) in [5, 5.41) is 8.43. The summed E-state index contributed by atoms with van der Waals surface area (Å²) in [6.45, 7) is 3.01. The van der Waals surface area contributed by atoms with Crippen LogP contribution >= 0.6 is 0 Å². The molecule has 1 N–H and O–H groups in total. The van der Waals surface area contributed by atoms with E-state index < -0.39 is 18.5 Å². The standard InChI is InChI=1S/C12H14O4/c1-8-4-3-5-9(2)10(8)6-11(14)16-12(15)7-13/h3-5,13H,6-7H2,1-2H3. The van der Waals surface area contributed by atoms with Crippen LogP contribution in [0.5, 0.6) is 0 Å². The maximum absolute atomic E-state index is 11.3. The summed E-state index contributed by atoms with van der Waals surface area (Å²) in [5.41, 5.74) is 2.82. The number of rotatable bonds is 3. The van der Waals surface area contributed by atoms with Gasteiger partial charge in [-0.3, -0.25) is 4.79 Å². The van der Waals surface area contributed by atoms with E-state index in [0.717, 1.165) is 16.7 Å². The van der Waals surface area contributed by atoms with Gasteiger partial charge in [-0.15, -0.1) is 0 Å². The van der Waals surface area contributed by atoms with Crippen LogP contribution < -0.4 is 0 Å². The second kappa shape index (κ2) is 5.42. The van der Waals surface area contributed by atoms with Crippen molar-refractivity contribution in [2.24, 2.45) is 0 Å². The van der Waals surface area contributed by atoms with Crippen LogP contribution in [0.3, 0.4) is 0 Å². The highest BCUT2D eigenvalue weighted by Gasteiger charge is 2.12. The zero-order valence-electron chi connectivity index (χ0n) is 9.32. The van der Waals surface area contributed by atoms with Crippen LogP contribution in [-0.4, -0.2) is 23.7 Å². The topological polar surface area (TPSA) is 63.6 Å². The molecule has 4 heteroatoms. The van der Waals surface area contributed by atoms with Gasteiger partial charge < -0.3 is 9.84 Å². The van der Waals surface area contributed by atoms with Gasteiger partial charge in [0.1, 0.15) is 6.61 Å². The van der Waals surface area contributed by atoms with E-state index in [2.05, 4.69) is 4.74 Å². The minimum atomic E-state index is -0.920. The molecule has 86 valence electrons. The Morgan fingerprint density at radius 2 is 1.75 bits per heavy atom. The van der Waals surface area contributed by atoms with Crippen molar-refractivity contribution in [3.63, 3.8) is 0 Å². The fourth-order valence-corrected chi connectivity index (χ4v) is 1.47. The Hall–Kier alpha value is -1.68. The molecule has 0 atom stereocenters. The van der Waals surface area contributed by atoms with E-state index in [1.165, 1.54) is 0 Å². The minimum absolute atomic E-state index is 0.0459. The first-order valence-corrected chi connectivity index (χ1v) is 4.94. The molecule has 0 bridgehead atoms. The van der Waals surface area contributed by atoms with Gasteiger partial charge in [0.2, 0.25) is 0 Å². The van der Waals surface area contributed by atoms with E-state index in [1.54, 1.807) is 0 Å². The van der Waals surface area contributed by atoms with Crippen molar-refractivity contribution in [3.8, 4) is 0 Å². The van der Waals surface area contributed by atoms with Crippen LogP contribution in [0.4, 0.5) is 0 Å². The number of hydrogen-bond acceptors (Lipinski definition) is 4. The summed E-state index contributed by atoms with van der Waals surface area (Å²) in [4.78, 5) is 22.0. The number of aliphatic hydroxyl groups excluding tert-OH is 1. The third kappa shape index (κ3) is 3.17. The lowest BCUT2D eigenvalue weighted by Crippen LogP contribution is -2.17. The number of ether oxygens (including phenoxy) is 1. The van der Waals surface area contributed by atoms with E-state index in [9.17, 15) is 9.59 Å². The molecule has 0 saturated carbocycles. The molecule has 0 heterocycles. The molecule has 0 unspecified atom stereocenters. The molecular formula is C12H14O4. The SMILES string of the molecule is Cc1cccc(C)c1CC(=O)OC(=O)CO. The average Bonchev–Trinajstić information content (AvgIpc) is 2.23. The Morgan fingerprint density at radius 1 is 1.19 bits per heavy atom. The van der Waals surface area contributed by atoms with Crippen molar-refractivity contribution in [1.82, 2.24) is 0 Å². The molecular weight excluding hydrogens is 208 g/mol. The van der Waals surface area contributed by atoms with Gasteiger partial charge in [-0.25, -0.2) is 4.79 Å². The zero-order chi connectivity index (χ0) is 12.1. The highest BCUT2D eigenvalue weighted by atomic mass is 16.6. The van der Waals surface area contributed by atoms with Gasteiger partial charge in [-0.05, 0) is 30.5 Å². The lowest BCUT2D eigenvalue weighted by Gasteiger charge is -2.08. The molecule has 1 aromatic carbocycles. The number of hydrogen-bond donors (Lipinski definition) is 1. The van der Waals surface area contributed by atoms with Crippen LogP contribution in [0.2, 0.25) is 0 Å². The zero-order valence-corrected chi connectivity index (χ0v) is 9.32. The molecule has 1 rings (SSSR count). The van der Waals surface area contributed by atoms with Crippen molar-refractivity contribution in [3.05, 3.63) is 34.9 Å². The van der Waals surface area contributed by atoms with Crippen LogP contribution in [0.25, 0.3) is 0 Å². The first kappa shape index (κ1) is 12.4. The summed E-state index contributed by atoms with van der Waals surface area (Å²) >= 11 is 0. The van der Waals surface area contributed by atoms with Gasteiger partial charge >= 0.3 is 11.9 Å². The van der Waals surface area contributed by atoms with Crippen molar-refractivity contribution < 1.29 is 19.4 Å². The van der Waals surface area contributed by atoms with Gasteiger partial charge in [0.15, 0.2) is 0 Å². The first-order chi connectivity index (χ1) is 7.54. The monoisotopic (exact) mass is 222 g/mol. The second-order valence-corrected chi connectivity index (χ2v) is 3.55. The number of aliphatic hydroxyl groups is 1. The molecule has 1 aromatic rings. The summed E-state index contributed by atoms with van der Waals surface area (Å²) < 4.78 is 4.39. The smallest absolute Gasteiger partial charge is 0.339 e. The molecule has 0 radical (unpaired) electrons. The molecule has 16 heavy (non-hydrogen) atoms. The lowest BCUT2D eigenvalue weighted by molar-refractivity contribution is -0.161. The Bertz CT molecular complexity index is 389. The molecule has 0 aliphatic rings. The minimum Gasteiger partial charge on any atom is -0.391 e. The van der Waals surface area contributed by atoms with E-state index in [0.29, 0.717) is 0 Å². The molecule has 0 spiro atoms. The number of aryl methyl sites for hydroxylation is 2. The van der Waals surface area contributed by atoms with Crippen LogP contribution in [0, 0.1) is 13.8 Å². The van der Waals surface area contributed by atoms with Gasteiger partial charge in [0, 0.05) is 0 Å². The Morgan fingerprint density at radius 3 is 2.25 bits per heavy atom. The Labute approximate surface area is 93.9 Å². The molecule has 0 aliphatic heterocycles. The number of carbonyl (C=O) groups excluding carboxylic acids is 2. The highest BCUT2D eigenvalue weighted by molar-refractivity contribution is 5.87. The van der Waals surface area contributed by atoms with Gasteiger partial charge in [0.05, 0.1) is 6.42 Å². The van der Waals surface area contributed by atoms with Gasteiger partial charge in [0.25, 0.3) is 0 Å². The van der Waals surface area contributed by atoms with Crippen molar-refractivity contribution in [2.75, 3.05) is 6.61 Å². The molecule has 4 nitrogen and oxygen atoms in total. The Balaban J connectivity index is 2.73. The van der Waals surface area contributed by atoms with Crippen LogP contribution in [-0.2, 0) is 20.7 Å². The summed E-state index contributed by atoms with van der Waals surface area (Å²) in [5.74, 6) is -1.56. The first-order valence-electron chi connectivity index (χ1n) is 4.94. The van der Waals surface area contributed by atoms with Crippen LogP contribution in [0.1, 0.15) is 16.7 Å². The maximum atomic E-state index is 11.3. The average molecular weight is 222 g/mol. The van der Waals surface area contributed by atoms with Crippen LogP contribution in [0.15, 0.2) is 18.2 Å². The third-order valence-corrected chi connectivity index (χ3v) is 2.32. The molecule has 0 amide bonds. The van der Waals surface area contributed by atoms with E-state index in [1.807, 2.05) is 32.0 Å². The predicted molar refractivity (Wildman–Crippen MR) is 57.8 cm³/mol. The van der Waals surface area contributed by atoms with Crippen molar-refractivity contribution >= 4 is 11.9 Å². The fourth-order valence-electron chi connectivity index (χ4n) is 1.47. The van der Waals surface area contributed by atoms with Crippen molar-refractivity contribution in [1.29, 1.82) is 0 Å². The molecule has 0 fully saturated rings. The molecule has 0 saturated heterocycles. The van der Waals surface area contributed by atoms with Crippen molar-refractivity contribution in [2.45, 2.75) is 20.3 Å². The van der Waals surface area contributed by atoms with Gasteiger partial charge in [-0.2, -0.15) is 0 Å². The largest absolute Gasteiger partial charge is 0.391 e. The number of esters is 2. The maximum Gasteiger partial charge on any atom is 0.339 e. The number of carbonyl (C=O) groups is 2. The molecule has 0 aromatic heterocycles. The number of benzene rings is 1. The van der Waals surface area contributed by atoms with E-state index in [4.69, 9.17) is 5.11 Å². The summed E-state index contributed by atoms with van der Waals surface area (Å²) in [6.07, 6.45) is 0.0459. The normalized spacial score (nSPS) is 9.94. The van der Waals surface area contributed by atoms with E-state index >= 15 is 0 Å². The quantitative estimate of drug-likeness (QED) is 0.610. The third-order valence-electron chi connectivity index (χ3n) is 2.32. The van der Waals surface area contributed by atoms with E-state index in [-0.39, 0.29) is 6.42 Å². The van der Waals surface area contributed by atoms with Gasteiger partial charge in [-0.1, -0.05) is 18.2 Å².